The molecule has 18 heavy (non-hydrogen) atoms. The van der Waals surface area contributed by atoms with Gasteiger partial charge in [-0.05, 0) is 12.0 Å². The molecule has 1 aromatic rings. The van der Waals surface area contributed by atoms with Gasteiger partial charge in [-0.3, -0.25) is 9.69 Å². The summed E-state index contributed by atoms with van der Waals surface area (Å²) in [5.74, 6) is -0.684. The van der Waals surface area contributed by atoms with Gasteiger partial charge in [-0.1, -0.05) is 32.0 Å². The fraction of sp³-hybridized carbons (Fsp3) is 0.385. The number of nitrogens with zero attached hydrogens (tertiary/aromatic N) is 1. The zero-order valence-electron chi connectivity index (χ0n) is 10.3. The van der Waals surface area contributed by atoms with E-state index in [4.69, 9.17) is 0 Å². The number of halogens is 1. The number of carbonyl (C=O) groups excluding carboxylic acids is 2. The molecule has 0 aliphatic carbocycles. The predicted molar refractivity (Wildman–Crippen MR) is 64.1 cm³/mol. The molecule has 0 radical (unpaired) electrons. The third kappa shape index (κ3) is 2.20. The summed E-state index contributed by atoms with van der Waals surface area (Å²) in [5, 5.41) is 2.61. The normalized spacial score (nSPS) is 19.6. The third-order valence-electron chi connectivity index (χ3n) is 3.01. The minimum atomic E-state index is -0.510. The Labute approximate surface area is 105 Å². The maximum absolute atomic E-state index is 13.5. The number of urea groups is 1. The molecule has 2 rings (SSSR count). The average Bonchev–Trinajstić information content (AvgIpc) is 2.60. The van der Waals surface area contributed by atoms with Crippen molar-refractivity contribution in [2.24, 2.45) is 5.92 Å². The molecular weight excluding hydrogens is 235 g/mol. The monoisotopic (exact) mass is 250 g/mol. The van der Waals surface area contributed by atoms with Gasteiger partial charge in [0.2, 0.25) is 0 Å². The maximum atomic E-state index is 13.5. The van der Waals surface area contributed by atoms with Crippen LogP contribution in [0.15, 0.2) is 24.3 Å². The summed E-state index contributed by atoms with van der Waals surface area (Å²) in [6, 6.07) is 5.16. The molecule has 1 saturated heterocycles. The fourth-order valence-corrected chi connectivity index (χ4v) is 1.94. The van der Waals surface area contributed by atoms with Crippen molar-refractivity contribution in [1.29, 1.82) is 0 Å². The van der Waals surface area contributed by atoms with E-state index in [1.807, 2.05) is 13.8 Å². The lowest BCUT2D eigenvalue weighted by molar-refractivity contribution is -0.128. The van der Waals surface area contributed by atoms with Gasteiger partial charge in [0.1, 0.15) is 11.9 Å². The maximum Gasteiger partial charge on any atom is 0.325 e. The summed E-state index contributed by atoms with van der Waals surface area (Å²) in [6.45, 7) is 3.69. The summed E-state index contributed by atoms with van der Waals surface area (Å²) < 4.78 is 13.5. The highest BCUT2D eigenvalue weighted by Gasteiger charge is 2.39. The Bertz CT molecular complexity index is 488. The minimum absolute atomic E-state index is 0.0204. The number of benzene rings is 1. The third-order valence-corrected chi connectivity index (χ3v) is 3.01. The first kappa shape index (κ1) is 12.5. The molecule has 96 valence electrons. The van der Waals surface area contributed by atoms with Crippen LogP contribution in [0.25, 0.3) is 0 Å². The molecule has 0 bridgehead atoms. The van der Waals surface area contributed by atoms with E-state index in [0.29, 0.717) is 5.56 Å². The van der Waals surface area contributed by atoms with Crippen LogP contribution >= 0.6 is 0 Å². The fourth-order valence-electron chi connectivity index (χ4n) is 1.94. The van der Waals surface area contributed by atoms with E-state index in [2.05, 4.69) is 5.32 Å². The van der Waals surface area contributed by atoms with Crippen LogP contribution in [-0.4, -0.2) is 22.9 Å². The number of hydrogen-bond donors (Lipinski definition) is 1. The largest absolute Gasteiger partial charge is 0.326 e. The number of amides is 3. The first-order valence-electron chi connectivity index (χ1n) is 5.86. The van der Waals surface area contributed by atoms with Crippen LogP contribution in [0, 0.1) is 11.7 Å². The Morgan fingerprint density at radius 1 is 1.33 bits per heavy atom. The molecule has 4 nitrogen and oxygen atoms in total. The standard InChI is InChI=1S/C13H15FN2O2/c1-8(2)11-12(17)16(13(18)15-11)7-9-5-3-4-6-10(9)14/h3-6,8,11H,7H2,1-2H3,(H,15,18)/t11-/m1/s1. The summed E-state index contributed by atoms with van der Waals surface area (Å²) in [6.07, 6.45) is 0. The second-order valence-corrected chi connectivity index (χ2v) is 4.69. The van der Waals surface area contributed by atoms with E-state index >= 15 is 0 Å². The molecule has 1 fully saturated rings. The highest BCUT2D eigenvalue weighted by atomic mass is 19.1. The lowest BCUT2D eigenvalue weighted by atomic mass is 10.0. The van der Waals surface area contributed by atoms with Gasteiger partial charge in [-0.2, -0.15) is 0 Å². The van der Waals surface area contributed by atoms with Crippen molar-refractivity contribution >= 4 is 11.9 Å². The number of nitrogens with one attached hydrogen (secondary N) is 1. The molecule has 1 heterocycles. The molecule has 0 spiro atoms. The Kier molecular flexibility index (Phi) is 3.32. The van der Waals surface area contributed by atoms with E-state index in [1.54, 1.807) is 18.2 Å². The van der Waals surface area contributed by atoms with E-state index < -0.39 is 17.9 Å². The van der Waals surface area contributed by atoms with Crippen LogP contribution < -0.4 is 5.32 Å². The Morgan fingerprint density at radius 2 is 2.00 bits per heavy atom. The average molecular weight is 250 g/mol. The smallest absolute Gasteiger partial charge is 0.325 e. The number of hydrogen-bond acceptors (Lipinski definition) is 2. The molecule has 1 aromatic carbocycles. The zero-order chi connectivity index (χ0) is 13.3. The molecular formula is C13H15FN2O2. The lowest BCUT2D eigenvalue weighted by Crippen LogP contribution is -2.34. The molecule has 1 aliphatic rings. The second-order valence-electron chi connectivity index (χ2n) is 4.69. The van der Waals surface area contributed by atoms with Gasteiger partial charge in [0, 0.05) is 5.56 Å². The van der Waals surface area contributed by atoms with E-state index in [0.717, 1.165) is 4.90 Å². The number of imide groups is 1. The Morgan fingerprint density at radius 3 is 2.56 bits per heavy atom. The van der Waals surface area contributed by atoms with Crippen molar-refractivity contribution < 1.29 is 14.0 Å². The molecule has 1 atom stereocenters. The highest BCUT2D eigenvalue weighted by molar-refractivity contribution is 6.04. The van der Waals surface area contributed by atoms with Gasteiger partial charge in [-0.15, -0.1) is 0 Å². The molecule has 5 heteroatoms. The van der Waals surface area contributed by atoms with Gasteiger partial charge in [0.25, 0.3) is 5.91 Å². The topological polar surface area (TPSA) is 49.4 Å². The van der Waals surface area contributed by atoms with Crippen LogP contribution in [0.2, 0.25) is 0 Å². The van der Waals surface area contributed by atoms with Crippen LogP contribution in [-0.2, 0) is 11.3 Å². The van der Waals surface area contributed by atoms with Crippen molar-refractivity contribution in [3.63, 3.8) is 0 Å². The summed E-state index contributed by atoms with van der Waals surface area (Å²) in [5.41, 5.74) is 0.338. The minimum Gasteiger partial charge on any atom is -0.326 e. The lowest BCUT2D eigenvalue weighted by Gasteiger charge is -2.14. The Balaban J connectivity index is 2.18. The SMILES string of the molecule is CC(C)[C@H]1NC(=O)N(Cc2ccccc2F)C1=O. The highest BCUT2D eigenvalue weighted by Crippen LogP contribution is 2.17. The molecule has 1 aliphatic heterocycles. The summed E-state index contributed by atoms with van der Waals surface area (Å²) >= 11 is 0. The Hall–Kier alpha value is -1.91. The summed E-state index contributed by atoms with van der Waals surface area (Å²) in [4.78, 5) is 24.7. The van der Waals surface area contributed by atoms with Crippen LogP contribution in [0.5, 0.6) is 0 Å². The molecule has 3 amide bonds. The van der Waals surface area contributed by atoms with Crippen LogP contribution in [0.3, 0.4) is 0 Å². The van der Waals surface area contributed by atoms with Crippen molar-refractivity contribution in [3.05, 3.63) is 35.6 Å². The van der Waals surface area contributed by atoms with Gasteiger partial charge >= 0.3 is 6.03 Å². The first-order chi connectivity index (χ1) is 8.50. The van der Waals surface area contributed by atoms with Gasteiger partial charge < -0.3 is 5.32 Å². The summed E-state index contributed by atoms with van der Waals surface area (Å²) in [7, 11) is 0. The quantitative estimate of drug-likeness (QED) is 0.833. The molecule has 1 N–H and O–H groups in total. The van der Waals surface area contributed by atoms with Gasteiger partial charge in [0.05, 0.1) is 6.54 Å². The van der Waals surface area contributed by atoms with Gasteiger partial charge in [-0.25, -0.2) is 9.18 Å². The van der Waals surface area contributed by atoms with Gasteiger partial charge in [0.15, 0.2) is 0 Å². The van der Waals surface area contributed by atoms with E-state index in [-0.39, 0.29) is 18.4 Å². The van der Waals surface area contributed by atoms with E-state index in [9.17, 15) is 14.0 Å². The van der Waals surface area contributed by atoms with Crippen molar-refractivity contribution in [2.45, 2.75) is 26.4 Å². The zero-order valence-corrected chi connectivity index (χ0v) is 10.3. The predicted octanol–water partition coefficient (Wildman–Crippen LogP) is 1.90. The van der Waals surface area contributed by atoms with Crippen molar-refractivity contribution in [1.82, 2.24) is 10.2 Å². The molecule has 0 unspecified atom stereocenters. The van der Waals surface area contributed by atoms with Crippen LogP contribution in [0.4, 0.5) is 9.18 Å². The molecule has 0 saturated carbocycles. The second kappa shape index (κ2) is 4.76. The van der Waals surface area contributed by atoms with Crippen LogP contribution in [0.1, 0.15) is 19.4 Å². The number of rotatable bonds is 3. The van der Waals surface area contributed by atoms with E-state index in [1.165, 1.54) is 6.07 Å². The van der Waals surface area contributed by atoms with Crippen molar-refractivity contribution in [3.8, 4) is 0 Å². The number of carbonyl (C=O) groups is 2. The van der Waals surface area contributed by atoms with Crippen molar-refractivity contribution in [2.75, 3.05) is 0 Å². The molecule has 0 aromatic heterocycles. The first-order valence-corrected chi connectivity index (χ1v) is 5.86.